The Hall–Kier alpha value is -4.35. The summed E-state index contributed by atoms with van der Waals surface area (Å²) in [6.45, 7) is 6.73. The van der Waals surface area contributed by atoms with Gasteiger partial charge in [-0.2, -0.15) is 0 Å². The Labute approximate surface area is 288 Å². The highest BCUT2D eigenvalue weighted by atomic mass is 16.3. The van der Waals surface area contributed by atoms with Gasteiger partial charge in [-0.05, 0) is 69.6 Å². The molecule has 0 radical (unpaired) electrons. The average molecular weight is 671 g/mol. The third-order valence-corrected chi connectivity index (χ3v) is 9.67. The Balaban J connectivity index is 1.35. The van der Waals surface area contributed by atoms with Crippen LogP contribution < -0.4 is 21.7 Å². The van der Waals surface area contributed by atoms with Crippen molar-refractivity contribution in [3.63, 3.8) is 0 Å². The van der Waals surface area contributed by atoms with Crippen LogP contribution in [0.3, 0.4) is 0 Å². The van der Waals surface area contributed by atoms with Crippen molar-refractivity contribution in [1.29, 1.82) is 0 Å². The van der Waals surface area contributed by atoms with Gasteiger partial charge in [0.2, 0.25) is 17.7 Å². The van der Waals surface area contributed by atoms with Crippen LogP contribution in [0.25, 0.3) is 10.9 Å². The smallest absolute Gasteiger partial charge is 0.270 e. The molecule has 2 aromatic carbocycles. The number of fused-ring (bicyclic) bond motifs is 2. The summed E-state index contributed by atoms with van der Waals surface area (Å²) in [5, 5.41) is 21.4. The molecule has 1 aromatic heterocycles. The number of hydrogen-bond acceptors (Lipinski definition) is 7. The summed E-state index contributed by atoms with van der Waals surface area (Å²) in [4.78, 5) is 59.3. The lowest BCUT2D eigenvalue weighted by atomic mass is 9.72. The molecule has 49 heavy (non-hydrogen) atoms. The molecule has 11 heteroatoms. The van der Waals surface area contributed by atoms with Gasteiger partial charge in [0.05, 0.1) is 30.1 Å². The Kier molecular flexibility index (Phi) is 11.7. The number of amides is 4. The lowest BCUT2D eigenvalue weighted by Gasteiger charge is -2.47. The number of nitrogens with zero attached hydrogens (tertiary/aromatic N) is 2. The summed E-state index contributed by atoms with van der Waals surface area (Å²) in [5.41, 5.74) is 6.70. The number of benzene rings is 2. The number of aromatic nitrogens is 1. The van der Waals surface area contributed by atoms with Crippen LogP contribution in [0.1, 0.15) is 75.3 Å². The first-order valence-corrected chi connectivity index (χ1v) is 17.4. The van der Waals surface area contributed by atoms with Crippen LogP contribution in [0.5, 0.6) is 0 Å². The highest BCUT2D eigenvalue weighted by Crippen LogP contribution is 2.39. The van der Waals surface area contributed by atoms with E-state index in [0.29, 0.717) is 23.9 Å². The molecule has 1 saturated carbocycles. The minimum atomic E-state index is -1.30. The molecule has 262 valence electrons. The SMILES string of the molecule is CC(C)(C)NC(=O)[C@@H]1C[C@@H]2CCCC[C@@H]2CN1CC(O)[C@H](Cc1ccccc1)NC(=O)[C@@H](CC(N)=O)NC(=O)c1ccc2ccccc2n1. The molecule has 3 aromatic rings. The van der Waals surface area contributed by atoms with E-state index in [2.05, 4.69) is 25.8 Å². The zero-order valence-corrected chi connectivity index (χ0v) is 28.7. The van der Waals surface area contributed by atoms with Crippen molar-refractivity contribution in [2.75, 3.05) is 13.1 Å². The van der Waals surface area contributed by atoms with Crippen molar-refractivity contribution in [1.82, 2.24) is 25.8 Å². The maximum atomic E-state index is 13.8. The number of carbonyl (C=O) groups is 4. The van der Waals surface area contributed by atoms with Crippen molar-refractivity contribution >= 4 is 34.5 Å². The molecule has 6 atom stereocenters. The summed E-state index contributed by atoms with van der Waals surface area (Å²) < 4.78 is 0. The van der Waals surface area contributed by atoms with E-state index in [9.17, 15) is 24.3 Å². The molecule has 1 aliphatic heterocycles. The van der Waals surface area contributed by atoms with E-state index < -0.39 is 53.9 Å². The number of para-hydroxylation sites is 1. The van der Waals surface area contributed by atoms with Crippen molar-refractivity contribution < 1.29 is 24.3 Å². The van der Waals surface area contributed by atoms with Gasteiger partial charge >= 0.3 is 0 Å². The van der Waals surface area contributed by atoms with Gasteiger partial charge in [0.25, 0.3) is 5.91 Å². The Bertz CT molecular complexity index is 1630. The fourth-order valence-corrected chi connectivity index (χ4v) is 7.26. The number of pyridine rings is 1. The molecule has 6 N–H and O–H groups in total. The standard InChI is InChI=1S/C38H50N6O5/c1-38(2,3)43-37(49)32-20-26-14-7-8-15-27(26)22-44(32)23-33(45)30(19-24-11-5-4-6-12-24)41-36(48)31(21-34(39)46)42-35(47)29-18-17-25-13-9-10-16-28(25)40-29/h4-6,9-13,16-18,26-27,30-33,45H,7-8,14-15,19-23H2,1-3H3,(H2,39,46)(H,41,48)(H,42,47)(H,43,49)/t26-,27+,30-,31+,32-,33?/m0/s1. The summed E-state index contributed by atoms with van der Waals surface area (Å²) in [6, 6.07) is 17.6. The lowest BCUT2D eigenvalue weighted by molar-refractivity contribution is -0.133. The van der Waals surface area contributed by atoms with Crippen molar-refractivity contribution in [3.8, 4) is 0 Å². The minimum absolute atomic E-state index is 0.0566. The van der Waals surface area contributed by atoms with Gasteiger partial charge < -0.3 is 26.8 Å². The molecule has 11 nitrogen and oxygen atoms in total. The van der Waals surface area contributed by atoms with Gasteiger partial charge in [-0.1, -0.05) is 73.9 Å². The maximum absolute atomic E-state index is 13.8. The number of nitrogens with two attached hydrogens (primary N) is 1. The summed E-state index contributed by atoms with van der Waals surface area (Å²) in [7, 11) is 0. The van der Waals surface area contributed by atoms with Crippen LogP contribution in [0.15, 0.2) is 66.7 Å². The summed E-state index contributed by atoms with van der Waals surface area (Å²) >= 11 is 0. The Morgan fingerprint density at radius 3 is 2.35 bits per heavy atom. The molecule has 0 spiro atoms. The minimum Gasteiger partial charge on any atom is -0.390 e. The van der Waals surface area contributed by atoms with Crippen molar-refractivity contribution in [2.24, 2.45) is 17.6 Å². The van der Waals surface area contributed by atoms with Crippen molar-refractivity contribution in [3.05, 3.63) is 78.0 Å². The molecule has 1 unspecified atom stereocenters. The Morgan fingerprint density at radius 1 is 0.939 bits per heavy atom. The first-order chi connectivity index (χ1) is 23.4. The van der Waals surface area contributed by atoms with Gasteiger partial charge in [0, 0.05) is 24.0 Å². The highest BCUT2D eigenvalue weighted by Gasteiger charge is 2.42. The zero-order valence-electron chi connectivity index (χ0n) is 28.7. The second-order valence-electron chi connectivity index (χ2n) is 14.7. The molecule has 1 saturated heterocycles. The zero-order chi connectivity index (χ0) is 35.1. The van der Waals surface area contributed by atoms with E-state index in [-0.39, 0.29) is 24.6 Å². The second kappa shape index (κ2) is 15.9. The molecular formula is C38H50N6O5. The van der Waals surface area contributed by atoms with Crippen molar-refractivity contribution in [2.45, 2.75) is 95.5 Å². The van der Waals surface area contributed by atoms with Gasteiger partial charge in [-0.25, -0.2) is 4.98 Å². The van der Waals surface area contributed by atoms with Crippen LogP contribution >= 0.6 is 0 Å². The fourth-order valence-electron chi connectivity index (χ4n) is 7.26. The third kappa shape index (κ3) is 9.86. The van der Waals surface area contributed by atoms with Crippen LogP contribution in [0.4, 0.5) is 0 Å². The lowest BCUT2D eigenvalue weighted by Crippen LogP contribution is -2.61. The number of rotatable bonds is 12. The molecular weight excluding hydrogens is 620 g/mol. The molecule has 5 rings (SSSR count). The molecule has 2 fully saturated rings. The third-order valence-electron chi connectivity index (χ3n) is 9.67. The quantitative estimate of drug-likeness (QED) is 0.198. The van der Waals surface area contributed by atoms with Crippen LogP contribution in [-0.2, 0) is 20.8 Å². The number of hydrogen-bond donors (Lipinski definition) is 5. The van der Waals surface area contributed by atoms with Crippen LogP contribution in [0.2, 0.25) is 0 Å². The summed E-state index contributed by atoms with van der Waals surface area (Å²) in [6.07, 6.45) is 4.03. The second-order valence-corrected chi connectivity index (χ2v) is 14.7. The van der Waals surface area contributed by atoms with E-state index in [1.54, 1.807) is 18.2 Å². The number of aliphatic hydroxyl groups is 1. The number of piperidine rings is 1. The number of aliphatic hydroxyl groups excluding tert-OH is 1. The van der Waals surface area contributed by atoms with Gasteiger partial charge in [0.1, 0.15) is 11.7 Å². The number of likely N-dealkylation sites (tertiary alicyclic amines) is 1. The number of nitrogens with one attached hydrogen (secondary N) is 3. The average Bonchev–Trinajstić information content (AvgIpc) is 3.06. The molecule has 0 bridgehead atoms. The highest BCUT2D eigenvalue weighted by molar-refractivity contribution is 5.99. The number of primary amides is 1. The summed E-state index contributed by atoms with van der Waals surface area (Å²) in [5.74, 6) is -1.20. The monoisotopic (exact) mass is 670 g/mol. The molecule has 4 amide bonds. The normalized spacial score (nSPS) is 21.5. The molecule has 2 heterocycles. The van der Waals surface area contributed by atoms with E-state index in [1.807, 2.05) is 69.3 Å². The fraction of sp³-hybridized carbons (Fsp3) is 0.500. The molecule has 1 aliphatic carbocycles. The Morgan fingerprint density at radius 2 is 1.63 bits per heavy atom. The van der Waals surface area contributed by atoms with Crippen LogP contribution in [-0.4, -0.2) is 81.5 Å². The first kappa shape index (κ1) is 35.9. The van der Waals surface area contributed by atoms with E-state index in [1.165, 1.54) is 6.42 Å². The van der Waals surface area contributed by atoms with Gasteiger partial charge in [-0.15, -0.1) is 0 Å². The predicted octanol–water partition coefficient (Wildman–Crippen LogP) is 3.09. The van der Waals surface area contributed by atoms with E-state index >= 15 is 0 Å². The van der Waals surface area contributed by atoms with Gasteiger partial charge in [-0.3, -0.25) is 24.1 Å². The maximum Gasteiger partial charge on any atom is 0.270 e. The van der Waals surface area contributed by atoms with Gasteiger partial charge in [0.15, 0.2) is 0 Å². The number of β-amino-alcohol motifs (C(OH)–C–C–N with tert-alkyl or cyclic N) is 1. The first-order valence-electron chi connectivity index (χ1n) is 17.4. The van der Waals surface area contributed by atoms with E-state index in [0.717, 1.165) is 36.6 Å². The molecule has 2 aliphatic rings. The van der Waals surface area contributed by atoms with E-state index in [4.69, 9.17) is 5.73 Å². The predicted molar refractivity (Wildman–Crippen MR) is 188 cm³/mol. The topological polar surface area (TPSA) is 167 Å². The van der Waals surface area contributed by atoms with Crippen LogP contribution in [0, 0.1) is 11.8 Å². The largest absolute Gasteiger partial charge is 0.390 e. The number of carbonyl (C=O) groups excluding carboxylic acids is 4.